The highest BCUT2D eigenvalue weighted by atomic mass is 16.7. The van der Waals surface area contributed by atoms with Gasteiger partial charge in [-0.25, -0.2) is 0 Å². The predicted molar refractivity (Wildman–Crippen MR) is 75.1 cm³/mol. The van der Waals surface area contributed by atoms with Gasteiger partial charge in [0.05, 0.1) is 17.6 Å². The Morgan fingerprint density at radius 2 is 2.05 bits per heavy atom. The van der Waals surface area contributed by atoms with Gasteiger partial charge in [-0.1, -0.05) is 20.8 Å². The minimum Gasteiger partial charge on any atom is -0.435 e. The van der Waals surface area contributed by atoms with Gasteiger partial charge in [0.25, 0.3) is 0 Å². The minimum absolute atomic E-state index is 0.0346. The lowest BCUT2D eigenvalue weighted by atomic mass is 9.72. The molecule has 5 nitrogen and oxygen atoms in total. The summed E-state index contributed by atoms with van der Waals surface area (Å²) >= 11 is 0. The van der Waals surface area contributed by atoms with Crippen molar-refractivity contribution in [2.45, 2.75) is 58.0 Å². The first kappa shape index (κ1) is 15.3. The third-order valence-corrected chi connectivity index (χ3v) is 5.97. The molecule has 7 unspecified atom stereocenters. The van der Waals surface area contributed by atoms with Crippen molar-refractivity contribution >= 4 is 5.97 Å². The predicted octanol–water partition coefficient (Wildman–Crippen LogP) is 1.32. The Morgan fingerprint density at radius 1 is 1.38 bits per heavy atom. The second-order valence-electron chi connectivity index (χ2n) is 7.99. The number of cyclic esters (lactones) is 1. The van der Waals surface area contributed by atoms with Crippen molar-refractivity contribution in [2.24, 2.45) is 29.1 Å². The smallest absolute Gasteiger partial charge is 0.314 e. The van der Waals surface area contributed by atoms with Crippen LogP contribution in [-0.4, -0.2) is 41.3 Å². The average Bonchev–Trinajstić information content (AvgIpc) is 2.80. The number of hydrogen-bond acceptors (Lipinski definition) is 5. The number of carbonyl (C=O) groups excluding carboxylic acids is 1. The Labute approximate surface area is 125 Å². The molecule has 5 heteroatoms. The number of hydrogen-bond donors (Lipinski definition) is 2. The lowest BCUT2D eigenvalue weighted by Crippen LogP contribution is -2.47. The summed E-state index contributed by atoms with van der Waals surface area (Å²) in [4.78, 5) is 12.4. The highest BCUT2D eigenvalue weighted by Crippen LogP contribution is 2.59. The van der Waals surface area contributed by atoms with E-state index in [0.29, 0.717) is 12.8 Å². The molecule has 120 valence electrons. The van der Waals surface area contributed by atoms with E-state index >= 15 is 0 Å². The van der Waals surface area contributed by atoms with Crippen LogP contribution in [0.1, 0.15) is 40.0 Å². The van der Waals surface area contributed by atoms with Gasteiger partial charge in [-0.2, -0.15) is 0 Å². The first-order chi connectivity index (χ1) is 9.69. The quantitative estimate of drug-likeness (QED) is 0.714. The summed E-state index contributed by atoms with van der Waals surface area (Å²) in [7, 11) is 1.50. The molecule has 3 aliphatic rings. The van der Waals surface area contributed by atoms with Gasteiger partial charge in [0, 0.05) is 13.0 Å². The fraction of sp³-hybridized carbons (Fsp3) is 0.938. The van der Waals surface area contributed by atoms with Crippen LogP contribution in [0.2, 0.25) is 0 Å². The van der Waals surface area contributed by atoms with Crippen molar-refractivity contribution in [2.75, 3.05) is 7.11 Å². The minimum atomic E-state index is -1.10. The maximum Gasteiger partial charge on any atom is 0.314 e. The number of carbonyl (C=O) groups is 1. The van der Waals surface area contributed by atoms with Crippen LogP contribution in [0.4, 0.5) is 0 Å². The van der Waals surface area contributed by atoms with Crippen LogP contribution in [0.5, 0.6) is 0 Å². The molecule has 1 heterocycles. The summed E-state index contributed by atoms with van der Waals surface area (Å²) in [5, 5.41) is 21.9. The number of methoxy groups -OCH3 is 1. The molecule has 0 aromatic rings. The summed E-state index contributed by atoms with van der Waals surface area (Å²) in [6.45, 7) is 6.21. The maximum atomic E-state index is 12.4. The molecule has 0 aromatic carbocycles. The number of rotatable bonds is 1. The Bertz CT molecular complexity index is 448. The van der Waals surface area contributed by atoms with Crippen LogP contribution in [0, 0.1) is 29.1 Å². The third kappa shape index (κ3) is 2.13. The molecule has 3 rings (SSSR count). The van der Waals surface area contributed by atoms with Gasteiger partial charge >= 0.3 is 5.97 Å². The number of ether oxygens (including phenoxy) is 2. The Balaban J connectivity index is 2.06. The normalized spacial score (nSPS) is 52.0. The van der Waals surface area contributed by atoms with Gasteiger partial charge in [0.15, 0.2) is 0 Å². The number of aliphatic hydroxyl groups is 2. The average molecular weight is 298 g/mol. The van der Waals surface area contributed by atoms with E-state index in [-0.39, 0.29) is 29.1 Å². The van der Waals surface area contributed by atoms with Crippen LogP contribution in [0.25, 0.3) is 0 Å². The van der Waals surface area contributed by atoms with Crippen molar-refractivity contribution < 1.29 is 24.5 Å². The van der Waals surface area contributed by atoms with Gasteiger partial charge in [-0.15, -0.1) is 0 Å². The molecule has 2 saturated carbocycles. The molecule has 3 fully saturated rings. The van der Waals surface area contributed by atoms with E-state index < -0.39 is 23.9 Å². The van der Waals surface area contributed by atoms with Crippen LogP contribution in [0.15, 0.2) is 0 Å². The molecule has 2 aliphatic carbocycles. The SMILES string of the molecule is COC1OC(=O)C2C1CC(O)C(C)C1CC(C)(C)CC12O. The summed E-state index contributed by atoms with van der Waals surface area (Å²) in [5.41, 5.74) is -1.14. The van der Waals surface area contributed by atoms with Crippen molar-refractivity contribution in [3.8, 4) is 0 Å². The van der Waals surface area contributed by atoms with E-state index in [1.807, 2.05) is 6.92 Å². The van der Waals surface area contributed by atoms with Gasteiger partial charge in [0.1, 0.15) is 0 Å². The molecule has 0 spiro atoms. The third-order valence-electron chi connectivity index (χ3n) is 5.97. The number of esters is 1. The fourth-order valence-electron chi connectivity index (χ4n) is 5.14. The van der Waals surface area contributed by atoms with Gasteiger partial charge in [-0.3, -0.25) is 4.79 Å². The molecule has 0 amide bonds. The van der Waals surface area contributed by atoms with E-state index in [1.54, 1.807) is 0 Å². The van der Waals surface area contributed by atoms with E-state index in [9.17, 15) is 15.0 Å². The van der Waals surface area contributed by atoms with E-state index in [2.05, 4.69) is 13.8 Å². The lowest BCUT2D eigenvalue weighted by Gasteiger charge is -2.36. The van der Waals surface area contributed by atoms with Crippen LogP contribution < -0.4 is 0 Å². The molecule has 0 bridgehead atoms. The largest absolute Gasteiger partial charge is 0.435 e. The maximum absolute atomic E-state index is 12.4. The summed E-state index contributed by atoms with van der Waals surface area (Å²) in [6.07, 6.45) is 0.619. The Morgan fingerprint density at radius 3 is 2.67 bits per heavy atom. The first-order valence-electron chi connectivity index (χ1n) is 7.83. The standard InChI is InChI=1S/C16H26O5/c1-8-10-6-15(2,3)7-16(10,19)12-9(5-11(8)17)14(20-4)21-13(12)18/h8-12,14,17,19H,5-7H2,1-4H3. The van der Waals surface area contributed by atoms with Crippen LogP contribution >= 0.6 is 0 Å². The monoisotopic (exact) mass is 298 g/mol. The second-order valence-corrected chi connectivity index (χ2v) is 7.99. The van der Waals surface area contributed by atoms with Crippen molar-refractivity contribution in [3.05, 3.63) is 0 Å². The number of fused-ring (bicyclic) bond motifs is 3. The van der Waals surface area contributed by atoms with Gasteiger partial charge in [-0.05, 0) is 36.5 Å². The van der Waals surface area contributed by atoms with Crippen molar-refractivity contribution in [1.29, 1.82) is 0 Å². The van der Waals surface area contributed by atoms with Crippen molar-refractivity contribution in [1.82, 2.24) is 0 Å². The summed E-state index contributed by atoms with van der Waals surface area (Å²) in [6, 6.07) is 0. The topological polar surface area (TPSA) is 76.0 Å². The fourth-order valence-corrected chi connectivity index (χ4v) is 5.14. The zero-order chi connectivity index (χ0) is 15.6. The first-order valence-corrected chi connectivity index (χ1v) is 7.83. The molecule has 0 radical (unpaired) electrons. The van der Waals surface area contributed by atoms with E-state index in [1.165, 1.54) is 7.11 Å². The van der Waals surface area contributed by atoms with E-state index in [0.717, 1.165) is 6.42 Å². The molecular weight excluding hydrogens is 272 g/mol. The van der Waals surface area contributed by atoms with Crippen LogP contribution in [0.3, 0.4) is 0 Å². The Kier molecular flexibility index (Phi) is 3.39. The molecular formula is C16H26O5. The van der Waals surface area contributed by atoms with Crippen molar-refractivity contribution in [3.63, 3.8) is 0 Å². The van der Waals surface area contributed by atoms with Crippen LogP contribution in [-0.2, 0) is 14.3 Å². The summed E-state index contributed by atoms with van der Waals surface area (Å²) < 4.78 is 10.6. The second kappa shape index (κ2) is 4.67. The highest BCUT2D eigenvalue weighted by molar-refractivity contribution is 5.77. The molecule has 21 heavy (non-hydrogen) atoms. The molecule has 1 aliphatic heterocycles. The van der Waals surface area contributed by atoms with Gasteiger partial charge in [0.2, 0.25) is 6.29 Å². The number of aliphatic hydroxyl groups excluding tert-OH is 1. The molecule has 2 N–H and O–H groups in total. The molecule has 1 saturated heterocycles. The molecule has 0 aromatic heterocycles. The zero-order valence-electron chi connectivity index (χ0n) is 13.2. The van der Waals surface area contributed by atoms with E-state index in [4.69, 9.17) is 9.47 Å². The lowest BCUT2D eigenvalue weighted by molar-refractivity contribution is -0.166. The summed E-state index contributed by atoms with van der Waals surface area (Å²) in [5.74, 6) is -1.36. The zero-order valence-corrected chi connectivity index (χ0v) is 13.2. The van der Waals surface area contributed by atoms with Gasteiger partial charge < -0.3 is 19.7 Å². The Hall–Kier alpha value is -0.650. The highest BCUT2D eigenvalue weighted by Gasteiger charge is 2.66. The molecule has 7 atom stereocenters.